The molecule has 0 spiro atoms. The molecule has 0 saturated carbocycles. The van der Waals surface area contributed by atoms with Crippen molar-refractivity contribution in [2.24, 2.45) is 0 Å². The Morgan fingerprint density at radius 3 is 2.86 bits per heavy atom. The van der Waals surface area contributed by atoms with Crippen LogP contribution in [0.4, 0.5) is 0 Å². The first-order chi connectivity index (χ1) is 6.65. The molecule has 0 aliphatic heterocycles. The Labute approximate surface area is 108 Å². The van der Waals surface area contributed by atoms with Gasteiger partial charge in [0, 0.05) is 14.1 Å². The monoisotopic (exact) mass is 367 g/mol. The van der Waals surface area contributed by atoms with Crippen LogP contribution in [0.25, 0.3) is 0 Å². The molecule has 1 unspecified atom stereocenters. The van der Waals surface area contributed by atoms with Crippen LogP contribution in [0, 0.1) is 3.57 Å². The predicted octanol–water partition coefficient (Wildman–Crippen LogP) is 4.11. The Kier molecular flexibility index (Phi) is 5.41. The van der Waals surface area contributed by atoms with E-state index >= 15 is 0 Å². The van der Waals surface area contributed by atoms with Gasteiger partial charge < -0.3 is 5.32 Å². The van der Waals surface area contributed by atoms with Gasteiger partial charge in [-0.25, -0.2) is 0 Å². The molecule has 0 amide bonds. The minimum absolute atomic E-state index is 0.416. The second-order valence-corrected chi connectivity index (χ2v) is 5.44. The minimum Gasteiger partial charge on any atom is -0.310 e. The Morgan fingerprint density at radius 1 is 1.50 bits per heavy atom. The van der Waals surface area contributed by atoms with Gasteiger partial charge in [0.05, 0.1) is 0 Å². The highest BCUT2D eigenvalue weighted by molar-refractivity contribution is 14.1. The quantitative estimate of drug-likeness (QED) is 0.789. The van der Waals surface area contributed by atoms with Gasteiger partial charge in [0.2, 0.25) is 0 Å². The number of hydrogen-bond acceptors (Lipinski definition) is 1. The van der Waals surface area contributed by atoms with Crippen LogP contribution in [-0.4, -0.2) is 6.54 Å². The third-order valence-electron chi connectivity index (χ3n) is 2.13. The third-order valence-corrected chi connectivity index (χ3v) is 3.52. The lowest BCUT2D eigenvalue weighted by Gasteiger charge is -2.15. The number of halogens is 2. The van der Waals surface area contributed by atoms with Crippen molar-refractivity contribution >= 4 is 38.5 Å². The third kappa shape index (κ3) is 3.51. The van der Waals surface area contributed by atoms with E-state index in [2.05, 4.69) is 75.9 Å². The van der Waals surface area contributed by atoms with Gasteiger partial charge in [0.1, 0.15) is 0 Å². The highest BCUT2D eigenvalue weighted by Gasteiger charge is 2.08. The summed E-state index contributed by atoms with van der Waals surface area (Å²) in [6.45, 7) is 5.45. The second kappa shape index (κ2) is 6.08. The summed E-state index contributed by atoms with van der Waals surface area (Å²) in [6, 6.07) is 6.86. The average molecular weight is 368 g/mol. The Morgan fingerprint density at radius 2 is 2.21 bits per heavy atom. The molecule has 78 valence electrons. The summed E-state index contributed by atoms with van der Waals surface area (Å²) in [6.07, 6.45) is 1.17. The second-order valence-electron chi connectivity index (χ2n) is 3.34. The number of nitrogens with one attached hydrogen (secondary N) is 1. The molecule has 1 nitrogen and oxygen atoms in total. The molecule has 0 aliphatic rings. The van der Waals surface area contributed by atoms with Crippen molar-refractivity contribution in [3.8, 4) is 0 Å². The maximum Gasteiger partial charge on any atom is 0.0303 e. The van der Waals surface area contributed by atoms with Crippen LogP contribution in [0.3, 0.4) is 0 Å². The van der Waals surface area contributed by atoms with Crippen LogP contribution in [0.1, 0.15) is 31.9 Å². The number of hydrogen-bond donors (Lipinski definition) is 1. The average Bonchev–Trinajstić information content (AvgIpc) is 2.18. The zero-order valence-electron chi connectivity index (χ0n) is 8.48. The van der Waals surface area contributed by atoms with Gasteiger partial charge in [-0.05, 0) is 66.2 Å². The topological polar surface area (TPSA) is 12.0 Å². The molecule has 0 heterocycles. The molecule has 1 aromatic carbocycles. The molecule has 3 heteroatoms. The van der Waals surface area contributed by atoms with Gasteiger partial charge >= 0.3 is 0 Å². The lowest BCUT2D eigenvalue weighted by molar-refractivity contribution is 0.569. The number of rotatable bonds is 4. The van der Waals surface area contributed by atoms with Gasteiger partial charge in [-0.1, -0.05) is 22.9 Å². The summed E-state index contributed by atoms with van der Waals surface area (Å²) >= 11 is 5.92. The SMILES string of the molecule is CCCNC(C)c1cc(I)ccc1Br. The van der Waals surface area contributed by atoms with E-state index in [4.69, 9.17) is 0 Å². The van der Waals surface area contributed by atoms with Crippen LogP contribution < -0.4 is 5.32 Å². The molecule has 14 heavy (non-hydrogen) atoms. The van der Waals surface area contributed by atoms with Crippen molar-refractivity contribution in [3.63, 3.8) is 0 Å². The fraction of sp³-hybridized carbons (Fsp3) is 0.455. The highest BCUT2D eigenvalue weighted by Crippen LogP contribution is 2.25. The summed E-state index contributed by atoms with van der Waals surface area (Å²) < 4.78 is 2.47. The maximum absolute atomic E-state index is 3.58. The molecule has 1 aromatic rings. The molecule has 1 rings (SSSR count). The zero-order chi connectivity index (χ0) is 10.6. The fourth-order valence-electron chi connectivity index (χ4n) is 1.32. The highest BCUT2D eigenvalue weighted by atomic mass is 127. The molecule has 1 N–H and O–H groups in total. The Hall–Kier alpha value is 0.390. The molecule has 0 radical (unpaired) electrons. The maximum atomic E-state index is 3.58. The lowest BCUT2D eigenvalue weighted by Crippen LogP contribution is -2.19. The van der Waals surface area contributed by atoms with Crippen LogP contribution >= 0.6 is 38.5 Å². The minimum atomic E-state index is 0.416. The van der Waals surface area contributed by atoms with Crippen molar-refractivity contribution in [1.29, 1.82) is 0 Å². The molecule has 0 aliphatic carbocycles. The van der Waals surface area contributed by atoms with Crippen LogP contribution in [0.5, 0.6) is 0 Å². The van der Waals surface area contributed by atoms with E-state index in [9.17, 15) is 0 Å². The fourth-order valence-corrected chi connectivity index (χ4v) is 2.42. The molecule has 1 atom stereocenters. The summed E-state index contributed by atoms with van der Waals surface area (Å²) in [5, 5.41) is 3.48. The molecule has 0 saturated heterocycles. The van der Waals surface area contributed by atoms with Gasteiger partial charge in [-0.3, -0.25) is 0 Å². The van der Waals surface area contributed by atoms with Crippen molar-refractivity contribution in [1.82, 2.24) is 5.32 Å². The van der Waals surface area contributed by atoms with Crippen LogP contribution in [0.15, 0.2) is 22.7 Å². The lowest BCUT2D eigenvalue weighted by atomic mass is 10.1. The van der Waals surface area contributed by atoms with Crippen molar-refractivity contribution in [3.05, 3.63) is 31.8 Å². The first-order valence-electron chi connectivity index (χ1n) is 4.83. The Bertz CT molecular complexity index is 301. The number of benzene rings is 1. The van der Waals surface area contributed by atoms with E-state index in [0.29, 0.717) is 6.04 Å². The molecule has 0 bridgehead atoms. The first kappa shape index (κ1) is 12.5. The summed E-state index contributed by atoms with van der Waals surface area (Å²) in [7, 11) is 0. The zero-order valence-corrected chi connectivity index (χ0v) is 12.2. The van der Waals surface area contributed by atoms with E-state index in [-0.39, 0.29) is 0 Å². The van der Waals surface area contributed by atoms with Gasteiger partial charge in [0.25, 0.3) is 0 Å². The normalized spacial score (nSPS) is 12.9. The predicted molar refractivity (Wildman–Crippen MR) is 73.6 cm³/mol. The molecular formula is C11H15BrIN. The van der Waals surface area contributed by atoms with Crippen molar-refractivity contribution < 1.29 is 0 Å². The van der Waals surface area contributed by atoms with E-state index in [1.165, 1.54) is 20.0 Å². The van der Waals surface area contributed by atoms with Crippen molar-refractivity contribution in [2.75, 3.05) is 6.54 Å². The standard InChI is InChI=1S/C11H15BrIN/c1-3-6-14-8(2)10-7-9(13)4-5-11(10)12/h4-5,7-8,14H,3,6H2,1-2H3. The summed E-state index contributed by atoms with van der Waals surface area (Å²) in [5.74, 6) is 0. The first-order valence-corrected chi connectivity index (χ1v) is 6.70. The van der Waals surface area contributed by atoms with E-state index in [1.807, 2.05) is 0 Å². The van der Waals surface area contributed by atoms with E-state index in [1.54, 1.807) is 0 Å². The molecule has 0 fully saturated rings. The Balaban J connectivity index is 2.77. The van der Waals surface area contributed by atoms with Gasteiger partial charge in [-0.2, -0.15) is 0 Å². The van der Waals surface area contributed by atoms with Crippen LogP contribution in [0.2, 0.25) is 0 Å². The van der Waals surface area contributed by atoms with Gasteiger partial charge in [0.15, 0.2) is 0 Å². The van der Waals surface area contributed by atoms with Gasteiger partial charge in [-0.15, -0.1) is 0 Å². The van der Waals surface area contributed by atoms with E-state index < -0.39 is 0 Å². The van der Waals surface area contributed by atoms with Crippen LogP contribution in [-0.2, 0) is 0 Å². The molecule has 0 aromatic heterocycles. The molecular weight excluding hydrogens is 353 g/mol. The summed E-state index contributed by atoms with van der Waals surface area (Å²) in [5.41, 5.74) is 1.34. The largest absolute Gasteiger partial charge is 0.310 e. The van der Waals surface area contributed by atoms with E-state index in [0.717, 1.165) is 6.54 Å². The smallest absolute Gasteiger partial charge is 0.0303 e. The van der Waals surface area contributed by atoms with Crippen molar-refractivity contribution in [2.45, 2.75) is 26.3 Å². The summed E-state index contributed by atoms with van der Waals surface area (Å²) in [4.78, 5) is 0.